The number of alkyl halides is 1. The minimum absolute atomic E-state index is 0.137. The maximum atomic E-state index is 13.9. The van der Waals surface area contributed by atoms with E-state index in [1.165, 1.54) is 4.90 Å². The average Bonchev–Trinajstić information content (AvgIpc) is 2.83. The zero-order chi connectivity index (χ0) is 14.8. The molecule has 0 saturated carbocycles. The van der Waals surface area contributed by atoms with Crippen LogP contribution in [0, 0.1) is 0 Å². The Bertz CT molecular complexity index is 514. The number of carboxylic acid groups (broad SMARTS) is 1. The molecule has 20 heavy (non-hydrogen) atoms. The number of hydrogen-bond donors (Lipinski definition) is 1. The van der Waals surface area contributed by atoms with Crippen LogP contribution in [0.1, 0.15) is 35.7 Å². The molecule has 1 heterocycles. The Morgan fingerprint density at radius 3 is 2.50 bits per heavy atom. The van der Waals surface area contributed by atoms with Gasteiger partial charge in [0, 0.05) is 18.5 Å². The number of halogens is 1. The highest BCUT2D eigenvalue weighted by Crippen LogP contribution is 2.27. The monoisotopic (exact) mass is 279 g/mol. The lowest BCUT2D eigenvalue weighted by atomic mass is 10.1. The molecule has 0 radical (unpaired) electrons. The number of aliphatic carboxylic acids is 1. The quantitative estimate of drug-likeness (QED) is 0.920. The number of aryl methyl sites for hydroxylation is 1. The predicted molar refractivity (Wildman–Crippen MR) is 72.4 cm³/mol. The summed E-state index contributed by atoms with van der Waals surface area (Å²) in [5, 5.41) is 8.83. The standard InChI is InChI=1S/C15H18FNO3/c1-2-3-11-4-6-12(7-5-11)13(18)17-9-8-15(16,10-17)14(19)20/h4-7H,2-3,8-10H2,1H3,(H,19,20). The summed E-state index contributed by atoms with van der Waals surface area (Å²) in [5.41, 5.74) is -0.687. The summed E-state index contributed by atoms with van der Waals surface area (Å²) in [5.74, 6) is -1.81. The summed E-state index contributed by atoms with van der Waals surface area (Å²) < 4.78 is 13.9. The lowest BCUT2D eigenvalue weighted by Crippen LogP contribution is -2.38. The van der Waals surface area contributed by atoms with Crippen LogP contribution < -0.4 is 0 Å². The van der Waals surface area contributed by atoms with Crippen LogP contribution in [0.4, 0.5) is 4.39 Å². The average molecular weight is 279 g/mol. The van der Waals surface area contributed by atoms with Crippen LogP contribution in [0.2, 0.25) is 0 Å². The van der Waals surface area contributed by atoms with E-state index in [0.717, 1.165) is 18.4 Å². The molecule has 0 aromatic heterocycles. The number of rotatable bonds is 4. The molecule has 1 aliphatic rings. The SMILES string of the molecule is CCCc1ccc(C(=O)N2CCC(F)(C(=O)O)C2)cc1. The molecule has 1 fully saturated rings. The predicted octanol–water partition coefficient (Wildman–Crippen LogP) is 2.28. The molecule has 108 valence electrons. The van der Waals surface area contributed by atoms with Crippen molar-refractivity contribution in [1.82, 2.24) is 4.90 Å². The first-order valence-electron chi connectivity index (χ1n) is 6.77. The number of amides is 1. The maximum Gasteiger partial charge on any atom is 0.343 e. The topological polar surface area (TPSA) is 57.6 Å². The van der Waals surface area contributed by atoms with E-state index >= 15 is 0 Å². The molecule has 1 saturated heterocycles. The normalized spacial score (nSPS) is 22.0. The van der Waals surface area contributed by atoms with Gasteiger partial charge in [0.25, 0.3) is 5.91 Å². The molecule has 1 amide bonds. The van der Waals surface area contributed by atoms with Gasteiger partial charge in [0.1, 0.15) is 0 Å². The first-order chi connectivity index (χ1) is 9.46. The van der Waals surface area contributed by atoms with Crippen molar-refractivity contribution in [3.63, 3.8) is 0 Å². The number of hydrogen-bond acceptors (Lipinski definition) is 2. The molecule has 1 aromatic carbocycles. The first-order valence-corrected chi connectivity index (χ1v) is 6.77. The largest absolute Gasteiger partial charge is 0.479 e. The fourth-order valence-corrected chi connectivity index (χ4v) is 2.41. The van der Waals surface area contributed by atoms with Gasteiger partial charge in [0.15, 0.2) is 0 Å². The third-order valence-electron chi connectivity index (χ3n) is 3.63. The van der Waals surface area contributed by atoms with Crippen molar-refractivity contribution in [2.45, 2.75) is 31.9 Å². The number of carboxylic acids is 1. The minimum atomic E-state index is -2.31. The first kappa shape index (κ1) is 14.5. The van der Waals surface area contributed by atoms with Crippen molar-refractivity contribution >= 4 is 11.9 Å². The Labute approximate surface area is 117 Å². The minimum Gasteiger partial charge on any atom is -0.479 e. The van der Waals surface area contributed by atoms with Gasteiger partial charge in [-0.05, 0) is 24.1 Å². The molecule has 2 rings (SSSR count). The Morgan fingerprint density at radius 2 is 2.00 bits per heavy atom. The molecule has 5 heteroatoms. The van der Waals surface area contributed by atoms with E-state index in [0.29, 0.717) is 5.56 Å². The smallest absolute Gasteiger partial charge is 0.343 e. The van der Waals surface area contributed by atoms with Gasteiger partial charge in [-0.15, -0.1) is 0 Å². The summed E-state index contributed by atoms with van der Waals surface area (Å²) in [6.07, 6.45) is 1.83. The second-order valence-electron chi connectivity index (χ2n) is 5.19. The molecule has 1 N–H and O–H groups in total. The Kier molecular flexibility index (Phi) is 4.06. The zero-order valence-corrected chi connectivity index (χ0v) is 11.4. The van der Waals surface area contributed by atoms with Crippen molar-refractivity contribution in [2.24, 2.45) is 0 Å². The number of nitrogens with zero attached hydrogens (tertiary/aromatic N) is 1. The van der Waals surface area contributed by atoms with Gasteiger partial charge < -0.3 is 10.0 Å². The van der Waals surface area contributed by atoms with Crippen LogP contribution in [0.15, 0.2) is 24.3 Å². The molecule has 1 unspecified atom stereocenters. The van der Waals surface area contributed by atoms with Crippen LogP contribution in [0.5, 0.6) is 0 Å². The second kappa shape index (κ2) is 5.61. The van der Waals surface area contributed by atoms with Gasteiger partial charge in [-0.3, -0.25) is 4.79 Å². The van der Waals surface area contributed by atoms with Gasteiger partial charge in [-0.1, -0.05) is 25.5 Å². The highest BCUT2D eigenvalue weighted by atomic mass is 19.1. The van der Waals surface area contributed by atoms with Gasteiger partial charge >= 0.3 is 5.97 Å². The molecule has 1 atom stereocenters. The summed E-state index contributed by atoms with van der Waals surface area (Å²) in [4.78, 5) is 24.3. The van der Waals surface area contributed by atoms with Crippen molar-refractivity contribution in [3.05, 3.63) is 35.4 Å². The van der Waals surface area contributed by atoms with Gasteiger partial charge in [-0.2, -0.15) is 0 Å². The van der Waals surface area contributed by atoms with Gasteiger partial charge in [0.2, 0.25) is 5.67 Å². The molecule has 1 aliphatic heterocycles. The van der Waals surface area contributed by atoms with Crippen molar-refractivity contribution in [2.75, 3.05) is 13.1 Å². The Balaban J connectivity index is 2.07. The van der Waals surface area contributed by atoms with E-state index in [1.54, 1.807) is 12.1 Å². The molecule has 0 bridgehead atoms. The molecule has 4 nitrogen and oxygen atoms in total. The van der Waals surface area contributed by atoms with Crippen LogP contribution in [-0.2, 0) is 11.2 Å². The van der Waals surface area contributed by atoms with Crippen molar-refractivity contribution < 1.29 is 19.1 Å². The van der Waals surface area contributed by atoms with Crippen molar-refractivity contribution in [3.8, 4) is 0 Å². The summed E-state index contributed by atoms with van der Waals surface area (Å²) in [7, 11) is 0. The number of carbonyl (C=O) groups excluding carboxylic acids is 1. The van der Waals surface area contributed by atoms with E-state index < -0.39 is 11.6 Å². The van der Waals surface area contributed by atoms with Crippen LogP contribution in [0.3, 0.4) is 0 Å². The summed E-state index contributed by atoms with van der Waals surface area (Å²) in [6, 6.07) is 7.19. The Hall–Kier alpha value is -1.91. The molecule has 0 spiro atoms. The van der Waals surface area contributed by atoms with E-state index in [1.807, 2.05) is 12.1 Å². The third-order valence-corrected chi connectivity index (χ3v) is 3.63. The fraction of sp³-hybridized carbons (Fsp3) is 0.467. The fourth-order valence-electron chi connectivity index (χ4n) is 2.41. The van der Waals surface area contributed by atoms with Crippen LogP contribution in [-0.4, -0.2) is 40.6 Å². The van der Waals surface area contributed by atoms with Crippen molar-refractivity contribution in [1.29, 1.82) is 0 Å². The highest BCUT2D eigenvalue weighted by molar-refractivity contribution is 5.95. The van der Waals surface area contributed by atoms with Crippen LogP contribution in [0.25, 0.3) is 0 Å². The lowest BCUT2D eigenvalue weighted by molar-refractivity contribution is -0.149. The summed E-state index contributed by atoms with van der Waals surface area (Å²) in [6.45, 7) is 1.84. The Morgan fingerprint density at radius 1 is 1.35 bits per heavy atom. The second-order valence-corrected chi connectivity index (χ2v) is 5.19. The highest BCUT2D eigenvalue weighted by Gasteiger charge is 2.46. The molecule has 0 aliphatic carbocycles. The third kappa shape index (κ3) is 2.81. The molecular formula is C15H18FNO3. The van der Waals surface area contributed by atoms with Crippen LogP contribution >= 0.6 is 0 Å². The number of likely N-dealkylation sites (tertiary alicyclic amines) is 1. The van der Waals surface area contributed by atoms with E-state index in [-0.39, 0.29) is 25.4 Å². The zero-order valence-electron chi connectivity index (χ0n) is 11.4. The van der Waals surface area contributed by atoms with Gasteiger partial charge in [-0.25, -0.2) is 9.18 Å². The maximum absolute atomic E-state index is 13.9. The molecule has 1 aromatic rings. The number of carbonyl (C=O) groups is 2. The lowest BCUT2D eigenvalue weighted by Gasteiger charge is -2.17. The summed E-state index contributed by atoms with van der Waals surface area (Å²) >= 11 is 0. The van der Waals surface area contributed by atoms with E-state index in [4.69, 9.17) is 5.11 Å². The van der Waals surface area contributed by atoms with Gasteiger partial charge in [0.05, 0.1) is 6.54 Å². The number of benzene rings is 1. The van der Waals surface area contributed by atoms with E-state index in [2.05, 4.69) is 6.92 Å². The molecular weight excluding hydrogens is 261 g/mol. The van der Waals surface area contributed by atoms with E-state index in [9.17, 15) is 14.0 Å².